The van der Waals surface area contributed by atoms with Crippen LogP contribution in [0.2, 0.25) is 5.02 Å². The first-order valence-electron chi connectivity index (χ1n) is 8.55. The largest absolute Gasteiger partial charge is 0.424 e. The van der Waals surface area contributed by atoms with Gasteiger partial charge in [-0.05, 0) is 56.3 Å². The Kier molecular flexibility index (Phi) is 4.42. The molecule has 4 aromatic rings. The first kappa shape index (κ1) is 17.3. The fourth-order valence-electron chi connectivity index (χ4n) is 2.83. The highest BCUT2D eigenvalue weighted by Crippen LogP contribution is 2.17. The molecule has 4 rings (SSSR count). The Morgan fingerprint density at radius 3 is 2.19 bits per heavy atom. The van der Waals surface area contributed by atoms with Gasteiger partial charge >= 0.3 is 5.68 Å². The number of hydrogen-bond donors (Lipinski definition) is 0. The molecular weight excluding hydrogens is 360 g/mol. The molecule has 1 heterocycles. The van der Waals surface area contributed by atoms with Crippen molar-refractivity contribution in [2.24, 2.45) is 4.99 Å². The van der Waals surface area contributed by atoms with E-state index in [1.54, 1.807) is 18.2 Å². The molecule has 0 atom stereocenters. The Balaban J connectivity index is 2.08. The van der Waals surface area contributed by atoms with Crippen LogP contribution >= 0.6 is 11.6 Å². The minimum Gasteiger partial charge on any atom is -0.424 e. The lowest BCUT2D eigenvalue weighted by atomic mass is 10.2. The van der Waals surface area contributed by atoms with Gasteiger partial charge in [-0.15, -0.1) is 0 Å². The molecule has 3 aromatic carbocycles. The van der Waals surface area contributed by atoms with Crippen molar-refractivity contribution in [3.63, 3.8) is 0 Å². The minimum absolute atomic E-state index is 0.211. The standard InChI is InChI=1S/C22H17ClN2O2/c1-14-3-8-17(9-4-14)24-22-25(18-10-5-15(2)6-11-18)21(26)19-13-16(23)7-12-20(19)27-22/h3-13H,1-2H3. The number of hydrogen-bond acceptors (Lipinski definition) is 3. The summed E-state index contributed by atoms with van der Waals surface area (Å²) in [5.74, 6) is 0. The van der Waals surface area contributed by atoms with E-state index in [4.69, 9.17) is 16.0 Å². The molecule has 0 aliphatic heterocycles. The highest BCUT2D eigenvalue weighted by atomic mass is 35.5. The normalized spacial score (nSPS) is 11.9. The predicted octanol–water partition coefficient (Wildman–Crippen LogP) is 5.09. The van der Waals surface area contributed by atoms with Crippen molar-refractivity contribution in [3.05, 3.63) is 98.9 Å². The maximum atomic E-state index is 13.2. The van der Waals surface area contributed by atoms with Crippen LogP contribution in [0.25, 0.3) is 16.7 Å². The van der Waals surface area contributed by atoms with E-state index in [2.05, 4.69) is 4.99 Å². The highest BCUT2D eigenvalue weighted by molar-refractivity contribution is 6.31. The molecule has 0 fully saturated rings. The number of nitrogens with zero attached hydrogens (tertiary/aromatic N) is 2. The summed E-state index contributed by atoms with van der Waals surface area (Å²) in [6.45, 7) is 4.00. The average molecular weight is 377 g/mol. The van der Waals surface area contributed by atoms with E-state index in [0.29, 0.717) is 27.4 Å². The van der Waals surface area contributed by atoms with Crippen LogP contribution in [0, 0.1) is 13.8 Å². The van der Waals surface area contributed by atoms with E-state index in [1.165, 1.54) is 4.57 Å². The number of aromatic nitrogens is 1. The summed E-state index contributed by atoms with van der Waals surface area (Å²) in [6, 6.07) is 20.3. The van der Waals surface area contributed by atoms with E-state index >= 15 is 0 Å². The van der Waals surface area contributed by atoms with Crippen molar-refractivity contribution in [2.45, 2.75) is 13.8 Å². The molecule has 0 bridgehead atoms. The van der Waals surface area contributed by atoms with E-state index in [-0.39, 0.29) is 11.2 Å². The molecule has 1 aromatic heterocycles. The molecule has 4 nitrogen and oxygen atoms in total. The Bertz CT molecular complexity index is 1250. The van der Waals surface area contributed by atoms with Crippen molar-refractivity contribution >= 4 is 28.3 Å². The summed E-state index contributed by atoms with van der Waals surface area (Å²) < 4.78 is 7.46. The van der Waals surface area contributed by atoms with E-state index in [1.807, 2.05) is 62.4 Å². The molecule has 5 heteroatoms. The van der Waals surface area contributed by atoms with E-state index < -0.39 is 0 Å². The van der Waals surface area contributed by atoms with Crippen molar-refractivity contribution in [1.82, 2.24) is 4.57 Å². The number of rotatable bonds is 2. The zero-order chi connectivity index (χ0) is 19.0. The average Bonchev–Trinajstić information content (AvgIpc) is 2.66. The van der Waals surface area contributed by atoms with Crippen LogP contribution in [0.4, 0.5) is 5.69 Å². The van der Waals surface area contributed by atoms with Gasteiger partial charge in [-0.3, -0.25) is 4.79 Å². The molecule has 0 radical (unpaired) electrons. The number of halogens is 1. The van der Waals surface area contributed by atoms with Gasteiger partial charge < -0.3 is 4.42 Å². The molecule has 134 valence electrons. The fourth-order valence-corrected chi connectivity index (χ4v) is 3.01. The highest BCUT2D eigenvalue weighted by Gasteiger charge is 2.11. The first-order valence-corrected chi connectivity index (χ1v) is 8.93. The monoisotopic (exact) mass is 376 g/mol. The second-order valence-electron chi connectivity index (χ2n) is 6.45. The molecule has 0 amide bonds. The van der Waals surface area contributed by atoms with Crippen molar-refractivity contribution in [3.8, 4) is 5.69 Å². The molecule has 0 N–H and O–H groups in total. The summed E-state index contributed by atoms with van der Waals surface area (Å²) in [7, 11) is 0. The lowest BCUT2D eigenvalue weighted by Crippen LogP contribution is -2.31. The third-order valence-electron chi connectivity index (χ3n) is 4.32. The molecule has 0 saturated carbocycles. The zero-order valence-corrected chi connectivity index (χ0v) is 15.7. The summed E-state index contributed by atoms with van der Waals surface area (Å²) in [4.78, 5) is 17.8. The van der Waals surface area contributed by atoms with Crippen LogP contribution in [0.1, 0.15) is 11.1 Å². The van der Waals surface area contributed by atoms with Crippen LogP contribution in [0.3, 0.4) is 0 Å². The zero-order valence-electron chi connectivity index (χ0n) is 14.9. The van der Waals surface area contributed by atoms with Gasteiger partial charge in [0.2, 0.25) is 0 Å². The third-order valence-corrected chi connectivity index (χ3v) is 4.55. The van der Waals surface area contributed by atoms with Crippen LogP contribution in [0.15, 0.2) is 80.9 Å². The van der Waals surface area contributed by atoms with Gasteiger partial charge in [0.1, 0.15) is 5.58 Å². The Morgan fingerprint density at radius 1 is 0.889 bits per heavy atom. The molecule has 0 aliphatic carbocycles. The second kappa shape index (κ2) is 6.89. The van der Waals surface area contributed by atoms with Crippen LogP contribution in [-0.4, -0.2) is 4.57 Å². The number of aryl methyl sites for hydroxylation is 2. The molecule has 0 unspecified atom stereocenters. The van der Waals surface area contributed by atoms with Crippen LogP contribution in [-0.2, 0) is 0 Å². The van der Waals surface area contributed by atoms with Crippen LogP contribution < -0.4 is 11.2 Å². The lowest BCUT2D eigenvalue weighted by Gasteiger charge is -2.08. The van der Waals surface area contributed by atoms with Crippen molar-refractivity contribution < 1.29 is 4.42 Å². The second-order valence-corrected chi connectivity index (χ2v) is 6.89. The first-order chi connectivity index (χ1) is 13.0. The van der Waals surface area contributed by atoms with E-state index in [9.17, 15) is 4.79 Å². The van der Waals surface area contributed by atoms with Crippen LogP contribution in [0.5, 0.6) is 0 Å². The van der Waals surface area contributed by atoms with E-state index in [0.717, 1.165) is 11.1 Å². The molecular formula is C22H17ClN2O2. The number of fused-ring (bicyclic) bond motifs is 1. The molecule has 27 heavy (non-hydrogen) atoms. The smallest absolute Gasteiger partial charge is 0.310 e. The predicted molar refractivity (Wildman–Crippen MR) is 108 cm³/mol. The molecule has 0 spiro atoms. The Morgan fingerprint density at radius 2 is 1.52 bits per heavy atom. The Labute approximate surface area is 161 Å². The maximum Gasteiger partial charge on any atom is 0.310 e. The molecule has 0 saturated heterocycles. The summed E-state index contributed by atoms with van der Waals surface area (Å²) in [5.41, 5.74) is 4.05. The van der Waals surface area contributed by atoms with Crippen molar-refractivity contribution in [1.29, 1.82) is 0 Å². The maximum absolute atomic E-state index is 13.2. The van der Waals surface area contributed by atoms with Crippen molar-refractivity contribution in [2.75, 3.05) is 0 Å². The van der Waals surface area contributed by atoms with Gasteiger partial charge in [0.15, 0.2) is 0 Å². The lowest BCUT2D eigenvalue weighted by molar-refractivity contribution is 0.486. The fraction of sp³-hybridized carbons (Fsp3) is 0.0909. The van der Waals surface area contributed by atoms with Gasteiger partial charge in [-0.2, -0.15) is 4.99 Å². The van der Waals surface area contributed by atoms with Gasteiger partial charge in [0, 0.05) is 5.02 Å². The summed E-state index contributed by atoms with van der Waals surface area (Å²) in [6.07, 6.45) is 0. The van der Waals surface area contributed by atoms with Gasteiger partial charge in [0.25, 0.3) is 5.56 Å². The minimum atomic E-state index is -0.228. The quantitative estimate of drug-likeness (QED) is 0.489. The number of benzene rings is 3. The molecule has 0 aliphatic rings. The topological polar surface area (TPSA) is 47.5 Å². The SMILES string of the molecule is Cc1ccc(N=c2oc3ccc(Cl)cc3c(=O)n2-c2ccc(C)cc2)cc1. The van der Waals surface area contributed by atoms with Gasteiger partial charge in [-0.25, -0.2) is 4.57 Å². The summed E-state index contributed by atoms with van der Waals surface area (Å²) >= 11 is 6.08. The van der Waals surface area contributed by atoms with Gasteiger partial charge in [-0.1, -0.05) is 47.0 Å². The van der Waals surface area contributed by atoms with Gasteiger partial charge in [0.05, 0.1) is 16.8 Å². The Hall–Kier alpha value is -3.11. The third kappa shape index (κ3) is 3.44. The summed E-state index contributed by atoms with van der Waals surface area (Å²) in [5, 5.41) is 0.888.